The molecule has 0 amide bonds. The van der Waals surface area contributed by atoms with Gasteiger partial charge in [0.05, 0.1) is 29.7 Å². The number of benzene rings is 1. The summed E-state index contributed by atoms with van der Waals surface area (Å²) in [7, 11) is -3.45. The maximum Gasteiger partial charge on any atom is 0.336 e. The predicted molar refractivity (Wildman–Crippen MR) is 82.8 cm³/mol. The normalized spacial score (nSPS) is 11.6. The third-order valence-electron chi connectivity index (χ3n) is 3.14. The van der Waals surface area contributed by atoms with E-state index < -0.39 is 16.1 Å². The number of nitrogens with zero attached hydrogens (tertiary/aromatic N) is 1. The van der Waals surface area contributed by atoms with Gasteiger partial charge in [-0.3, -0.25) is 4.18 Å². The van der Waals surface area contributed by atoms with Gasteiger partial charge in [-0.25, -0.2) is 9.78 Å². The average molecular weight is 339 g/mol. The van der Waals surface area contributed by atoms with Gasteiger partial charge in [0, 0.05) is 0 Å². The van der Waals surface area contributed by atoms with Crippen LogP contribution in [0.1, 0.15) is 28.2 Å². The molecule has 1 heterocycles. The lowest BCUT2D eigenvalue weighted by atomic mass is 10.1. The van der Waals surface area contributed by atoms with Gasteiger partial charge in [0.25, 0.3) is 10.1 Å². The molecule has 7 nitrogen and oxygen atoms in total. The first kappa shape index (κ1) is 17.2. The number of hydrogen-bond acceptors (Lipinski definition) is 6. The molecule has 8 heteroatoms. The Labute approximate surface area is 134 Å². The number of oxazole rings is 1. The van der Waals surface area contributed by atoms with Gasteiger partial charge < -0.3 is 9.52 Å². The molecule has 0 aliphatic rings. The Morgan fingerprint density at radius 2 is 2.04 bits per heavy atom. The van der Waals surface area contributed by atoms with Crippen molar-refractivity contribution in [1.82, 2.24) is 4.98 Å². The summed E-state index contributed by atoms with van der Waals surface area (Å²) in [6, 6.07) is 6.45. The molecule has 0 spiro atoms. The molecule has 23 heavy (non-hydrogen) atoms. The zero-order valence-electron chi connectivity index (χ0n) is 12.8. The van der Waals surface area contributed by atoms with Crippen molar-refractivity contribution in [1.29, 1.82) is 0 Å². The molecule has 2 rings (SSSR count). The first-order valence-corrected chi connectivity index (χ1v) is 8.73. The van der Waals surface area contributed by atoms with Crippen molar-refractivity contribution in [3.8, 4) is 11.5 Å². The first-order chi connectivity index (χ1) is 10.8. The molecule has 124 valence electrons. The first-order valence-electron chi connectivity index (χ1n) is 6.91. The van der Waals surface area contributed by atoms with Gasteiger partial charge in [-0.2, -0.15) is 8.42 Å². The van der Waals surface area contributed by atoms with Crippen LogP contribution in [0.3, 0.4) is 0 Å². The summed E-state index contributed by atoms with van der Waals surface area (Å²) < 4.78 is 32.0. The highest BCUT2D eigenvalue weighted by atomic mass is 32.2. The van der Waals surface area contributed by atoms with Crippen LogP contribution in [0.15, 0.2) is 28.7 Å². The Hall–Kier alpha value is -2.19. The van der Waals surface area contributed by atoms with Crippen molar-refractivity contribution in [2.75, 3.05) is 12.9 Å². The lowest BCUT2D eigenvalue weighted by molar-refractivity contribution is 0.0697. The average Bonchev–Trinajstić information content (AvgIpc) is 2.84. The molecule has 1 aromatic heterocycles. The van der Waals surface area contributed by atoms with Crippen LogP contribution >= 0.6 is 0 Å². The van der Waals surface area contributed by atoms with E-state index in [2.05, 4.69) is 9.17 Å². The molecule has 1 aromatic carbocycles. The van der Waals surface area contributed by atoms with Crippen molar-refractivity contribution < 1.29 is 26.9 Å². The van der Waals surface area contributed by atoms with E-state index in [0.717, 1.165) is 6.26 Å². The van der Waals surface area contributed by atoms with Crippen LogP contribution in [-0.4, -0.2) is 37.3 Å². The maximum absolute atomic E-state index is 11.2. The molecule has 0 saturated heterocycles. The highest BCUT2D eigenvalue weighted by molar-refractivity contribution is 7.85. The van der Waals surface area contributed by atoms with Crippen LogP contribution in [0.5, 0.6) is 0 Å². The second-order valence-corrected chi connectivity index (χ2v) is 6.65. The van der Waals surface area contributed by atoms with Crippen LogP contribution < -0.4 is 0 Å². The fourth-order valence-corrected chi connectivity index (χ4v) is 2.50. The lowest BCUT2D eigenvalue weighted by Gasteiger charge is -2.00. The quantitative estimate of drug-likeness (QED) is 0.609. The standard InChI is InChI=1S/C15H17NO6S/c1-10-13(8-5-9-21-23(2,19)20)16-14(22-10)11-6-3-4-7-12(11)15(17)18/h3-4,6-7H,5,8-9H2,1-2H3,(H,17,18). The molecule has 0 saturated carbocycles. The second kappa shape index (κ2) is 6.93. The number of aryl methyl sites for hydroxylation is 2. The van der Waals surface area contributed by atoms with E-state index in [0.29, 0.717) is 29.9 Å². The molecular weight excluding hydrogens is 322 g/mol. The van der Waals surface area contributed by atoms with E-state index >= 15 is 0 Å². The summed E-state index contributed by atoms with van der Waals surface area (Å²) >= 11 is 0. The molecule has 0 unspecified atom stereocenters. The van der Waals surface area contributed by atoms with Gasteiger partial charge in [-0.05, 0) is 31.9 Å². The number of carbonyl (C=O) groups is 1. The van der Waals surface area contributed by atoms with Gasteiger partial charge in [-0.1, -0.05) is 12.1 Å². The summed E-state index contributed by atoms with van der Waals surface area (Å²) in [5, 5.41) is 9.21. The molecular formula is C15H17NO6S. The van der Waals surface area contributed by atoms with Gasteiger partial charge in [0.2, 0.25) is 5.89 Å². The third-order valence-corrected chi connectivity index (χ3v) is 3.73. The van der Waals surface area contributed by atoms with Gasteiger partial charge in [0.1, 0.15) is 5.76 Å². The predicted octanol–water partition coefficient (Wildman–Crippen LogP) is 2.26. The van der Waals surface area contributed by atoms with Crippen LogP contribution in [0.25, 0.3) is 11.5 Å². The summed E-state index contributed by atoms with van der Waals surface area (Å²) in [5.41, 5.74) is 1.17. The molecule has 0 aliphatic heterocycles. The van der Waals surface area contributed by atoms with E-state index in [1.807, 2.05) is 0 Å². The molecule has 0 aliphatic carbocycles. The number of hydrogen-bond donors (Lipinski definition) is 1. The van der Waals surface area contributed by atoms with Crippen LogP contribution in [-0.2, 0) is 20.7 Å². The van der Waals surface area contributed by atoms with E-state index in [1.54, 1.807) is 25.1 Å². The summed E-state index contributed by atoms with van der Waals surface area (Å²) in [4.78, 5) is 15.6. The minimum absolute atomic E-state index is 0.0617. The molecule has 0 bridgehead atoms. The Morgan fingerprint density at radius 3 is 2.70 bits per heavy atom. The number of carboxylic acid groups (broad SMARTS) is 1. The highest BCUT2D eigenvalue weighted by Crippen LogP contribution is 2.25. The van der Waals surface area contributed by atoms with Crippen LogP contribution in [0.2, 0.25) is 0 Å². The maximum atomic E-state index is 11.2. The van der Waals surface area contributed by atoms with E-state index in [4.69, 9.17) is 4.42 Å². The third kappa shape index (κ3) is 4.64. The van der Waals surface area contributed by atoms with E-state index in [9.17, 15) is 18.3 Å². The summed E-state index contributed by atoms with van der Waals surface area (Å²) in [5.74, 6) is -0.251. The minimum atomic E-state index is -3.45. The van der Waals surface area contributed by atoms with Gasteiger partial charge in [-0.15, -0.1) is 0 Å². The number of aromatic nitrogens is 1. The largest absolute Gasteiger partial charge is 0.478 e. The van der Waals surface area contributed by atoms with Gasteiger partial charge >= 0.3 is 5.97 Å². The van der Waals surface area contributed by atoms with Crippen LogP contribution in [0.4, 0.5) is 0 Å². The van der Waals surface area contributed by atoms with Gasteiger partial charge in [0.15, 0.2) is 0 Å². The SMILES string of the molecule is Cc1oc(-c2ccccc2C(=O)O)nc1CCCOS(C)(=O)=O. The molecule has 0 fully saturated rings. The minimum Gasteiger partial charge on any atom is -0.478 e. The Kier molecular flexibility index (Phi) is 5.17. The smallest absolute Gasteiger partial charge is 0.336 e. The zero-order chi connectivity index (χ0) is 17.0. The topological polar surface area (TPSA) is 107 Å². The van der Waals surface area contributed by atoms with Crippen molar-refractivity contribution in [2.24, 2.45) is 0 Å². The molecule has 0 radical (unpaired) electrons. The second-order valence-electron chi connectivity index (χ2n) is 5.00. The monoisotopic (exact) mass is 339 g/mol. The Balaban J connectivity index is 2.14. The number of rotatable bonds is 7. The summed E-state index contributed by atoms with van der Waals surface area (Å²) in [6.07, 6.45) is 1.93. The van der Waals surface area contributed by atoms with Crippen molar-refractivity contribution in [2.45, 2.75) is 19.8 Å². The van der Waals surface area contributed by atoms with Crippen molar-refractivity contribution in [3.05, 3.63) is 41.3 Å². The van der Waals surface area contributed by atoms with Crippen LogP contribution in [0, 0.1) is 6.92 Å². The molecule has 2 aromatic rings. The zero-order valence-corrected chi connectivity index (χ0v) is 13.6. The number of aromatic carboxylic acids is 1. The fourth-order valence-electron chi connectivity index (χ4n) is 2.08. The van der Waals surface area contributed by atoms with Crippen molar-refractivity contribution >= 4 is 16.1 Å². The summed E-state index contributed by atoms with van der Waals surface area (Å²) in [6.45, 7) is 1.79. The highest BCUT2D eigenvalue weighted by Gasteiger charge is 2.17. The van der Waals surface area contributed by atoms with E-state index in [-0.39, 0.29) is 18.1 Å². The number of carboxylic acids is 1. The molecule has 0 atom stereocenters. The van der Waals surface area contributed by atoms with Crippen molar-refractivity contribution in [3.63, 3.8) is 0 Å². The Morgan fingerprint density at radius 1 is 1.35 bits per heavy atom. The van der Waals surface area contributed by atoms with E-state index in [1.165, 1.54) is 6.07 Å². The Bertz CT molecular complexity index is 809. The lowest BCUT2D eigenvalue weighted by Crippen LogP contribution is -2.05. The fraction of sp³-hybridized carbons (Fsp3) is 0.333. The molecule has 1 N–H and O–H groups in total.